The second kappa shape index (κ2) is 4.01. The van der Waals surface area contributed by atoms with Crippen LogP contribution in [0.2, 0.25) is 0 Å². The summed E-state index contributed by atoms with van der Waals surface area (Å²) in [5.41, 5.74) is 2.17. The fraction of sp³-hybridized carbons (Fsp3) is 0.429. The van der Waals surface area contributed by atoms with E-state index in [0.717, 1.165) is 0 Å². The normalized spacial score (nSPS) is 10.5. The van der Waals surface area contributed by atoms with Gasteiger partial charge in [-0.05, 0) is 14.1 Å². The van der Waals surface area contributed by atoms with Crippen LogP contribution in [-0.2, 0) is 6.54 Å². The van der Waals surface area contributed by atoms with E-state index in [9.17, 15) is 4.79 Å². The molecule has 72 valence electrons. The van der Waals surface area contributed by atoms with Crippen LogP contribution in [0, 0.1) is 0 Å². The summed E-state index contributed by atoms with van der Waals surface area (Å²) in [5, 5.41) is 3.55. The highest BCUT2D eigenvalue weighted by atomic mass is 16.5. The highest BCUT2D eigenvalue weighted by molar-refractivity contribution is 5.91. The fourth-order valence-electron chi connectivity index (χ4n) is 0.880. The van der Waals surface area contributed by atoms with Crippen molar-refractivity contribution in [3.63, 3.8) is 0 Å². The molecule has 1 heterocycles. The molecule has 0 aliphatic heterocycles. The highest BCUT2D eigenvalue weighted by Gasteiger charge is 2.10. The Kier molecular flexibility index (Phi) is 2.99. The van der Waals surface area contributed by atoms with Gasteiger partial charge in [-0.1, -0.05) is 5.16 Å². The van der Waals surface area contributed by atoms with Crippen LogP contribution in [0.4, 0.5) is 0 Å². The Morgan fingerprint density at radius 3 is 3.00 bits per heavy atom. The first-order valence-electron chi connectivity index (χ1n) is 3.74. The lowest BCUT2D eigenvalue weighted by Gasteiger charge is -2.03. The third kappa shape index (κ3) is 2.53. The summed E-state index contributed by atoms with van der Waals surface area (Å²) in [6, 6.07) is 1.56. The molecular weight excluding hydrogens is 172 g/mol. The fourth-order valence-corrected chi connectivity index (χ4v) is 0.880. The summed E-state index contributed by atoms with van der Waals surface area (Å²) in [5.74, 6) is 5.10. The molecule has 0 aromatic carbocycles. The number of carbonyl (C=O) groups is 1. The van der Waals surface area contributed by atoms with E-state index >= 15 is 0 Å². The van der Waals surface area contributed by atoms with Gasteiger partial charge in [0.05, 0.1) is 6.54 Å². The van der Waals surface area contributed by atoms with Gasteiger partial charge < -0.3 is 9.42 Å². The number of rotatable bonds is 3. The molecule has 0 fully saturated rings. The summed E-state index contributed by atoms with van der Waals surface area (Å²) < 4.78 is 4.89. The standard InChI is InChI=1S/C7H12N4O2/c1-11(2)4-5-3-6(10-13-5)7(12)9-8/h3H,4,8H2,1-2H3,(H,9,12). The predicted octanol–water partition coefficient (Wildman–Crippen LogP) is -0.660. The van der Waals surface area contributed by atoms with Crippen LogP contribution in [0.3, 0.4) is 0 Å². The minimum Gasteiger partial charge on any atom is -0.359 e. The first kappa shape index (κ1) is 9.69. The number of amides is 1. The Balaban J connectivity index is 2.69. The summed E-state index contributed by atoms with van der Waals surface area (Å²) in [6.45, 7) is 0.602. The maximum Gasteiger partial charge on any atom is 0.287 e. The number of hydrazine groups is 1. The number of carbonyl (C=O) groups excluding carboxylic acids is 1. The molecule has 0 unspecified atom stereocenters. The van der Waals surface area contributed by atoms with Crippen molar-refractivity contribution in [2.75, 3.05) is 14.1 Å². The number of nitrogens with one attached hydrogen (secondary N) is 1. The lowest BCUT2D eigenvalue weighted by atomic mass is 10.3. The molecule has 6 heteroatoms. The molecule has 1 aromatic heterocycles. The van der Waals surface area contributed by atoms with E-state index in [1.54, 1.807) is 6.07 Å². The van der Waals surface area contributed by atoms with Crippen molar-refractivity contribution in [2.45, 2.75) is 6.54 Å². The summed E-state index contributed by atoms with van der Waals surface area (Å²) in [7, 11) is 3.79. The molecule has 0 saturated heterocycles. The van der Waals surface area contributed by atoms with E-state index in [0.29, 0.717) is 12.3 Å². The van der Waals surface area contributed by atoms with Crippen molar-refractivity contribution in [3.8, 4) is 0 Å². The Morgan fingerprint density at radius 1 is 1.77 bits per heavy atom. The highest BCUT2D eigenvalue weighted by Crippen LogP contribution is 2.04. The van der Waals surface area contributed by atoms with Gasteiger partial charge in [-0.2, -0.15) is 0 Å². The molecule has 0 spiro atoms. The van der Waals surface area contributed by atoms with E-state index in [4.69, 9.17) is 10.4 Å². The smallest absolute Gasteiger partial charge is 0.287 e. The Bertz CT molecular complexity index is 294. The maximum atomic E-state index is 10.9. The molecule has 3 N–H and O–H groups in total. The van der Waals surface area contributed by atoms with Crippen molar-refractivity contribution >= 4 is 5.91 Å². The minimum absolute atomic E-state index is 0.194. The average Bonchev–Trinajstić information content (AvgIpc) is 2.50. The predicted molar refractivity (Wildman–Crippen MR) is 45.5 cm³/mol. The molecule has 0 atom stereocenters. The van der Waals surface area contributed by atoms with Gasteiger partial charge in [-0.15, -0.1) is 0 Å². The molecule has 6 nitrogen and oxygen atoms in total. The number of hydrogen-bond acceptors (Lipinski definition) is 5. The van der Waals surface area contributed by atoms with Gasteiger partial charge in [0.25, 0.3) is 5.91 Å². The van der Waals surface area contributed by atoms with Gasteiger partial charge >= 0.3 is 0 Å². The largest absolute Gasteiger partial charge is 0.359 e. The quantitative estimate of drug-likeness (QED) is 0.370. The van der Waals surface area contributed by atoms with Crippen LogP contribution >= 0.6 is 0 Å². The number of hydrogen-bond donors (Lipinski definition) is 2. The lowest BCUT2D eigenvalue weighted by Crippen LogP contribution is -2.30. The summed E-state index contributed by atoms with van der Waals surface area (Å²) in [4.78, 5) is 12.8. The Labute approximate surface area is 75.6 Å². The molecule has 1 rings (SSSR count). The van der Waals surface area contributed by atoms with Crippen molar-refractivity contribution in [1.82, 2.24) is 15.5 Å². The van der Waals surface area contributed by atoms with Gasteiger partial charge in [-0.25, -0.2) is 5.84 Å². The van der Waals surface area contributed by atoms with Gasteiger partial charge in [0.2, 0.25) is 0 Å². The molecule has 0 saturated carbocycles. The monoisotopic (exact) mass is 184 g/mol. The van der Waals surface area contributed by atoms with E-state index < -0.39 is 5.91 Å². The van der Waals surface area contributed by atoms with Crippen LogP contribution in [0.5, 0.6) is 0 Å². The maximum absolute atomic E-state index is 10.9. The molecule has 0 bridgehead atoms. The topological polar surface area (TPSA) is 84.4 Å². The van der Waals surface area contributed by atoms with Crippen molar-refractivity contribution < 1.29 is 9.32 Å². The zero-order valence-corrected chi connectivity index (χ0v) is 7.57. The van der Waals surface area contributed by atoms with Gasteiger partial charge in [0, 0.05) is 6.07 Å². The third-order valence-corrected chi connectivity index (χ3v) is 1.39. The zero-order valence-electron chi connectivity index (χ0n) is 7.57. The first-order chi connectivity index (χ1) is 6.13. The molecule has 0 aliphatic carbocycles. The number of nitrogen functional groups attached to an aromatic ring is 1. The number of nitrogens with two attached hydrogens (primary N) is 1. The number of nitrogens with zero attached hydrogens (tertiary/aromatic N) is 2. The summed E-state index contributed by atoms with van der Waals surface area (Å²) >= 11 is 0. The molecule has 1 aromatic rings. The first-order valence-corrected chi connectivity index (χ1v) is 3.74. The van der Waals surface area contributed by atoms with E-state index in [1.807, 2.05) is 24.4 Å². The van der Waals surface area contributed by atoms with Crippen LogP contribution in [0.15, 0.2) is 10.6 Å². The van der Waals surface area contributed by atoms with Crippen LogP contribution in [0.25, 0.3) is 0 Å². The molecule has 0 aliphatic rings. The van der Waals surface area contributed by atoms with Crippen LogP contribution in [0.1, 0.15) is 16.2 Å². The number of aromatic nitrogens is 1. The van der Waals surface area contributed by atoms with E-state index in [1.165, 1.54) is 0 Å². The minimum atomic E-state index is -0.450. The lowest BCUT2D eigenvalue weighted by molar-refractivity contribution is 0.0944. The third-order valence-electron chi connectivity index (χ3n) is 1.39. The summed E-state index contributed by atoms with van der Waals surface area (Å²) in [6.07, 6.45) is 0. The van der Waals surface area contributed by atoms with Gasteiger partial charge in [0.15, 0.2) is 11.5 Å². The van der Waals surface area contributed by atoms with E-state index in [-0.39, 0.29) is 5.69 Å². The molecule has 0 radical (unpaired) electrons. The van der Waals surface area contributed by atoms with Crippen molar-refractivity contribution in [2.24, 2.45) is 5.84 Å². The van der Waals surface area contributed by atoms with Crippen molar-refractivity contribution in [3.05, 3.63) is 17.5 Å². The van der Waals surface area contributed by atoms with Gasteiger partial charge in [-0.3, -0.25) is 10.2 Å². The van der Waals surface area contributed by atoms with Gasteiger partial charge in [0.1, 0.15) is 0 Å². The SMILES string of the molecule is CN(C)Cc1cc(C(=O)NN)no1. The average molecular weight is 184 g/mol. The van der Waals surface area contributed by atoms with Crippen LogP contribution < -0.4 is 11.3 Å². The Hall–Kier alpha value is -1.40. The van der Waals surface area contributed by atoms with Crippen molar-refractivity contribution in [1.29, 1.82) is 0 Å². The Morgan fingerprint density at radius 2 is 2.46 bits per heavy atom. The molecule has 1 amide bonds. The van der Waals surface area contributed by atoms with E-state index in [2.05, 4.69) is 5.16 Å². The van der Waals surface area contributed by atoms with Crippen LogP contribution in [-0.4, -0.2) is 30.1 Å². The second-order valence-electron chi connectivity index (χ2n) is 2.89. The second-order valence-corrected chi connectivity index (χ2v) is 2.89. The molecule has 13 heavy (non-hydrogen) atoms. The molecular formula is C7H12N4O2. The zero-order chi connectivity index (χ0) is 9.84.